The van der Waals surface area contributed by atoms with Crippen LogP contribution < -0.4 is 19.9 Å². The number of ether oxygens (including phenoxy) is 3. The van der Waals surface area contributed by atoms with Gasteiger partial charge < -0.3 is 14.2 Å². The van der Waals surface area contributed by atoms with Crippen molar-refractivity contribution in [1.29, 1.82) is 0 Å². The maximum atomic E-state index is 7.04. The van der Waals surface area contributed by atoms with Gasteiger partial charge in [-0.25, -0.2) is 0 Å². The quantitative estimate of drug-likeness (QED) is 0.486. The van der Waals surface area contributed by atoms with Crippen molar-refractivity contribution < 1.29 is 14.2 Å². The highest BCUT2D eigenvalue weighted by Crippen LogP contribution is 2.47. The van der Waals surface area contributed by atoms with Crippen LogP contribution in [0.1, 0.15) is 11.1 Å². The second kappa shape index (κ2) is 8.15. The van der Waals surface area contributed by atoms with E-state index in [1.807, 2.05) is 24.3 Å². The Labute approximate surface area is 207 Å². The topological polar surface area (TPSA) is 27.7 Å². The lowest BCUT2D eigenvalue weighted by molar-refractivity contribution is -0.00913. The molecule has 3 aliphatic rings. The van der Waals surface area contributed by atoms with E-state index in [4.69, 9.17) is 14.2 Å². The molecular formula is C30H23BrO3. The van der Waals surface area contributed by atoms with Crippen molar-refractivity contribution in [2.75, 3.05) is 14.2 Å². The molecule has 0 saturated carbocycles. The molecule has 3 aromatic rings. The Morgan fingerprint density at radius 1 is 0.765 bits per heavy atom. The monoisotopic (exact) mass is 510 g/mol. The summed E-state index contributed by atoms with van der Waals surface area (Å²) in [6.45, 7) is 0. The Hall–Kier alpha value is -3.34. The van der Waals surface area contributed by atoms with E-state index in [1.165, 1.54) is 27.2 Å². The molecule has 0 spiro atoms. The van der Waals surface area contributed by atoms with Crippen molar-refractivity contribution >= 4 is 27.6 Å². The highest BCUT2D eigenvalue weighted by atomic mass is 79.9. The Morgan fingerprint density at radius 2 is 1.38 bits per heavy atom. The minimum atomic E-state index is -0.761. The van der Waals surface area contributed by atoms with E-state index >= 15 is 0 Å². The Morgan fingerprint density at radius 3 is 2.00 bits per heavy atom. The molecule has 168 valence electrons. The third kappa shape index (κ3) is 3.21. The average molecular weight is 511 g/mol. The zero-order valence-corrected chi connectivity index (χ0v) is 20.5. The molecule has 0 amide bonds. The van der Waals surface area contributed by atoms with Crippen LogP contribution >= 0.6 is 15.9 Å². The molecule has 0 fully saturated rings. The van der Waals surface area contributed by atoms with Crippen LogP contribution in [0.25, 0.3) is 11.6 Å². The fraction of sp³-hybridized carbons (Fsp3) is 0.133. The summed E-state index contributed by atoms with van der Waals surface area (Å²) in [4.78, 5) is 0. The largest absolute Gasteiger partial charge is 0.497 e. The van der Waals surface area contributed by atoms with Gasteiger partial charge in [0.2, 0.25) is 0 Å². The third-order valence-corrected chi connectivity index (χ3v) is 7.45. The van der Waals surface area contributed by atoms with Gasteiger partial charge in [-0.15, -0.1) is 0 Å². The molecule has 1 heterocycles. The fourth-order valence-electron chi connectivity index (χ4n) is 5.05. The Bertz CT molecular complexity index is 1440. The van der Waals surface area contributed by atoms with E-state index in [2.05, 4.69) is 88.8 Å². The molecule has 6 rings (SSSR count). The summed E-state index contributed by atoms with van der Waals surface area (Å²) in [5, 5.41) is 2.50. The van der Waals surface area contributed by atoms with Gasteiger partial charge in [0.1, 0.15) is 23.2 Å². The number of hydrogen-bond acceptors (Lipinski definition) is 3. The normalized spacial score (nSPS) is 19.6. The maximum absolute atomic E-state index is 7.04. The van der Waals surface area contributed by atoms with Gasteiger partial charge in [-0.3, -0.25) is 0 Å². The fourth-order valence-corrected chi connectivity index (χ4v) is 5.61. The minimum Gasteiger partial charge on any atom is -0.497 e. The maximum Gasteiger partial charge on any atom is 0.138 e. The summed E-state index contributed by atoms with van der Waals surface area (Å²) in [7, 11) is 3.36. The first-order valence-electron chi connectivity index (χ1n) is 11.2. The second-order valence-corrected chi connectivity index (χ2v) is 9.48. The van der Waals surface area contributed by atoms with Crippen molar-refractivity contribution in [2.24, 2.45) is 0 Å². The summed E-state index contributed by atoms with van der Waals surface area (Å²) < 4.78 is 18.9. The zero-order chi connectivity index (χ0) is 23.3. The SMILES string of the molecule is COc1ccc(C2(c3ccc(OC)cc3)C=CC3=C4C=c5ccccc5=C4C=C(Br)C3O2)cc1. The molecule has 4 heteroatoms. The molecule has 0 N–H and O–H groups in total. The summed E-state index contributed by atoms with van der Waals surface area (Å²) in [5.74, 6) is 1.63. The number of hydrogen-bond donors (Lipinski definition) is 0. The lowest BCUT2D eigenvalue weighted by atomic mass is 9.80. The molecular weight excluding hydrogens is 488 g/mol. The van der Waals surface area contributed by atoms with Crippen LogP contribution in [0, 0.1) is 0 Å². The lowest BCUT2D eigenvalue weighted by Gasteiger charge is -2.41. The first-order chi connectivity index (χ1) is 16.6. The molecule has 2 aliphatic carbocycles. The molecule has 3 aromatic carbocycles. The zero-order valence-electron chi connectivity index (χ0n) is 18.9. The first kappa shape index (κ1) is 21.2. The molecule has 0 radical (unpaired) electrons. The number of methoxy groups -OCH3 is 2. The first-order valence-corrected chi connectivity index (χ1v) is 12.0. The van der Waals surface area contributed by atoms with Crippen LogP contribution in [0.2, 0.25) is 0 Å². The van der Waals surface area contributed by atoms with Gasteiger partial charge in [-0.05, 0) is 80.8 Å². The molecule has 0 aromatic heterocycles. The van der Waals surface area contributed by atoms with E-state index < -0.39 is 5.60 Å². The van der Waals surface area contributed by atoms with Crippen LogP contribution in [-0.2, 0) is 10.3 Å². The molecule has 0 saturated heterocycles. The van der Waals surface area contributed by atoms with Gasteiger partial charge in [0.25, 0.3) is 0 Å². The van der Waals surface area contributed by atoms with Crippen LogP contribution in [0.15, 0.2) is 107 Å². The number of rotatable bonds is 4. The van der Waals surface area contributed by atoms with Crippen LogP contribution in [0.4, 0.5) is 0 Å². The molecule has 0 bridgehead atoms. The highest BCUT2D eigenvalue weighted by Gasteiger charge is 2.42. The summed E-state index contributed by atoms with van der Waals surface area (Å²) in [6.07, 6.45) is 8.66. The van der Waals surface area contributed by atoms with E-state index in [0.717, 1.165) is 27.1 Å². The van der Waals surface area contributed by atoms with Gasteiger partial charge in [-0.1, -0.05) is 70.5 Å². The minimum absolute atomic E-state index is 0.224. The van der Waals surface area contributed by atoms with E-state index in [-0.39, 0.29) is 6.10 Å². The summed E-state index contributed by atoms with van der Waals surface area (Å²) in [6, 6.07) is 24.7. The molecule has 34 heavy (non-hydrogen) atoms. The van der Waals surface area contributed by atoms with Crippen molar-refractivity contribution in [3.63, 3.8) is 0 Å². The van der Waals surface area contributed by atoms with Gasteiger partial charge in [0, 0.05) is 4.48 Å². The number of allylic oxidation sites excluding steroid dienone is 2. The Balaban J connectivity index is 1.55. The highest BCUT2D eigenvalue weighted by molar-refractivity contribution is 9.11. The van der Waals surface area contributed by atoms with Gasteiger partial charge >= 0.3 is 0 Å². The smallest absolute Gasteiger partial charge is 0.138 e. The lowest BCUT2D eigenvalue weighted by Crippen LogP contribution is -2.39. The van der Waals surface area contributed by atoms with Crippen molar-refractivity contribution in [2.45, 2.75) is 11.7 Å². The van der Waals surface area contributed by atoms with E-state index in [0.29, 0.717) is 0 Å². The van der Waals surface area contributed by atoms with E-state index in [1.54, 1.807) is 14.2 Å². The Kier molecular flexibility index (Phi) is 5.09. The van der Waals surface area contributed by atoms with Crippen molar-refractivity contribution in [3.8, 4) is 11.5 Å². The van der Waals surface area contributed by atoms with Crippen LogP contribution in [0.3, 0.4) is 0 Å². The van der Waals surface area contributed by atoms with Crippen LogP contribution in [0.5, 0.6) is 11.5 Å². The molecule has 1 atom stereocenters. The summed E-state index contributed by atoms with van der Waals surface area (Å²) >= 11 is 3.85. The van der Waals surface area contributed by atoms with Crippen LogP contribution in [-0.4, -0.2) is 20.3 Å². The number of benzene rings is 3. The second-order valence-electron chi connectivity index (χ2n) is 8.57. The standard InChI is InChI=1S/C30H23BrO3/c1-32-22-11-7-20(8-12-22)30(21-9-13-23(33-2)14-10-21)16-15-25-26-17-19-5-3-4-6-24(19)27(26)18-28(31)29(25)34-30/h3-18,29H,1-2H3. The predicted octanol–water partition coefficient (Wildman–Crippen LogP) is 5.14. The summed E-state index contributed by atoms with van der Waals surface area (Å²) in [5.41, 5.74) is 4.94. The molecule has 1 unspecified atom stereocenters. The number of fused-ring (bicyclic) bond motifs is 3. The number of halogens is 1. The molecule has 1 aliphatic heterocycles. The molecule has 3 nitrogen and oxygen atoms in total. The van der Waals surface area contributed by atoms with Gasteiger partial charge in [0.05, 0.1) is 14.2 Å². The average Bonchev–Trinajstić information content (AvgIpc) is 3.27. The van der Waals surface area contributed by atoms with Crippen molar-refractivity contribution in [3.05, 3.63) is 128 Å². The van der Waals surface area contributed by atoms with Gasteiger partial charge in [0.15, 0.2) is 0 Å². The third-order valence-electron chi connectivity index (χ3n) is 6.81. The predicted molar refractivity (Wildman–Crippen MR) is 138 cm³/mol. The van der Waals surface area contributed by atoms with Crippen molar-refractivity contribution in [1.82, 2.24) is 0 Å². The van der Waals surface area contributed by atoms with Gasteiger partial charge in [-0.2, -0.15) is 0 Å². The van der Waals surface area contributed by atoms with E-state index in [9.17, 15) is 0 Å².